The van der Waals surface area contributed by atoms with Crippen LogP contribution in [0.5, 0.6) is 5.75 Å². The number of phenolic OH excluding ortho intramolecular Hbond substituents is 1. The monoisotopic (exact) mass is 478 g/mol. The molecule has 34 heavy (non-hydrogen) atoms. The molecule has 3 rings (SSSR count). The summed E-state index contributed by atoms with van der Waals surface area (Å²) in [5.74, 6) is -1.00. The van der Waals surface area contributed by atoms with Crippen LogP contribution >= 0.6 is 0 Å². The van der Waals surface area contributed by atoms with Crippen molar-refractivity contribution in [3.8, 4) is 5.75 Å². The number of hydrogen-bond donors (Lipinski definition) is 2. The van der Waals surface area contributed by atoms with Crippen molar-refractivity contribution >= 4 is 12.1 Å². The van der Waals surface area contributed by atoms with Gasteiger partial charge in [0.15, 0.2) is 0 Å². The minimum atomic E-state index is -4.35. The van der Waals surface area contributed by atoms with Crippen molar-refractivity contribution in [2.75, 3.05) is 32.7 Å². The number of hydrogen-bond acceptors (Lipinski definition) is 5. The van der Waals surface area contributed by atoms with Crippen molar-refractivity contribution in [1.82, 2.24) is 15.2 Å². The lowest BCUT2D eigenvalue weighted by Crippen LogP contribution is -2.48. The van der Waals surface area contributed by atoms with Crippen LogP contribution in [0, 0.1) is 5.82 Å². The average Bonchev–Trinajstić information content (AvgIpc) is 2.78. The molecule has 10 heteroatoms. The molecule has 1 amide bonds. The Morgan fingerprint density at radius 3 is 2.38 bits per heavy atom. The lowest BCUT2D eigenvalue weighted by atomic mass is 10.1. The fourth-order valence-corrected chi connectivity index (χ4v) is 3.66. The lowest BCUT2D eigenvalue weighted by molar-refractivity contribution is -0.137. The highest BCUT2D eigenvalue weighted by molar-refractivity contribution is 5.86. The van der Waals surface area contributed by atoms with Gasteiger partial charge in [0.05, 0.1) is 18.3 Å². The molecule has 0 saturated carbocycles. The van der Waals surface area contributed by atoms with E-state index in [1.807, 2.05) is 4.90 Å². The fraction of sp³-hybridized carbons (Fsp3) is 0.333. The number of aromatic hydroxyl groups is 1. The van der Waals surface area contributed by atoms with Crippen molar-refractivity contribution in [1.29, 1.82) is 0 Å². The molecule has 2 aromatic rings. The molecule has 1 heterocycles. The maximum atomic E-state index is 13.7. The van der Waals surface area contributed by atoms with Gasteiger partial charge in [0, 0.05) is 43.9 Å². The standard InChI is InChI=1S/C24H26F4N4O2/c1-2-3-18-12-21(25)13-19(23(18)34)14-29-30-22(33)16-32-10-8-31(9-11-32)15-17-4-6-20(7-5-17)24(26,27)28/h2,4-7,12-14,34H,1,3,8-11,15-16H2,(H,30,33). The maximum absolute atomic E-state index is 13.7. The van der Waals surface area contributed by atoms with Crippen LogP contribution in [0.4, 0.5) is 17.6 Å². The number of nitrogens with one attached hydrogen (secondary N) is 1. The predicted molar refractivity (Wildman–Crippen MR) is 121 cm³/mol. The number of hydrazone groups is 1. The number of alkyl halides is 3. The van der Waals surface area contributed by atoms with E-state index in [4.69, 9.17) is 0 Å². The first-order valence-electron chi connectivity index (χ1n) is 10.7. The third kappa shape index (κ3) is 7.13. The average molecular weight is 478 g/mol. The molecule has 0 unspecified atom stereocenters. The zero-order valence-electron chi connectivity index (χ0n) is 18.5. The molecular formula is C24H26F4N4O2. The minimum Gasteiger partial charge on any atom is -0.507 e. The topological polar surface area (TPSA) is 68.2 Å². The van der Waals surface area contributed by atoms with Crippen LogP contribution in [-0.2, 0) is 23.9 Å². The lowest BCUT2D eigenvalue weighted by Gasteiger charge is -2.34. The van der Waals surface area contributed by atoms with E-state index >= 15 is 0 Å². The molecule has 0 aliphatic carbocycles. The molecule has 2 N–H and O–H groups in total. The van der Waals surface area contributed by atoms with E-state index in [9.17, 15) is 27.5 Å². The van der Waals surface area contributed by atoms with Crippen LogP contribution in [0.3, 0.4) is 0 Å². The number of piperazine rings is 1. The molecule has 1 fully saturated rings. The summed E-state index contributed by atoms with van der Waals surface area (Å²) in [5.41, 5.74) is 3.02. The molecule has 1 saturated heterocycles. The Hall–Kier alpha value is -3.24. The zero-order valence-corrected chi connectivity index (χ0v) is 18.5. The van der Waals surface area contributed by atoms with Gasteiger partial charge in [-0.1, -0.05) is 18.2 Å². The van der Waals surface area contributed by atoms with Crippen molar-refractivity contribution in [2.24, 2.45) is 5.10 Å². The van der Waals surface area contributed by atoms with Gasteiger partial charge in [0.2, 0.25) is 0 Å². The summed E-state index contributed by atoms with van der Waals surface area (Å²) >= 11 is 0. The molecule has 0 spiro atoms. The normalized spacial score (nSPS) is 15.5. The van der Waals surface area contributed by atoms with Crippen molar-refractivity contribution in [3.63, 3.8) is 0 Å². The maximum Gasteiger partial charge on any atom is 0.416 e. The van der Waals surface area contributed by atoms with E-state index in [1.165, 1.54) is 24.4 Å². The number of halogens is 4. The van der Waals surface area contributed by atoms with Crippen molar-refractivity contribution in [2.45, 2.75) is 19.1 Å². The van der Waals surface area contributed by atoms with Crippen molar-refractivity contribution in [3.05, 3.63) is 77.1 Å². The molecule has 0 aromatic heterocycles. The molecule has 1 aliphatic heterocycles. The number of nitrogens with zero attached hydrogens (tertiary/aromatic N) is 3. The number of benzene rings is 2. The van der Waals surface area contributed by atoms with Crippen LogP contribution in [-0.4, -0.2) is 59.8 Å². The molecule has 0 bridgehead atoms. The summed E-state index contributed by atoms with van der Waals surface area (Å²) in [6.07, 6.45) is -1.33. The molecule has 1 aliphatic rings. The van der Waals surface area contributed by atoms with Crippen LogP contribution in [0.1, 0.15) is 22.3 Å². The Balaban J connectivity index is 1.44. The highest BCUT2D eigenvalue weighted by Crippen LogP contribution is 2.29. The van der Waals surface area contributed by atoms with E-state index in [0.29, 0.717) is 44.7 Å². The Labute approximate surface area is 195 Å². The van der Waals surface area contributed by atoms with Gasteiger partial charge in [-0.3, -0.25) is 14.6 Å². The van der Waals surface area contributed by atoms with Crippen LogP contribution in [0.2, 0.25) is 0 Å². The summed E-state index contributed by atoms with van der Waals surface area (Å²) in [7, 11) is 0. The van der Waals surface area contributed by atoms with Gasteiger partial charge in [-0.15, -0.1) is 6.58 Å². The van der Waals surface area contributed by atoms with Gasteiger partial charge >= 0.3 is 6.18 Å². The van der Waals surface area contributed by atoms with Gasteiger partial charge in [-0.2, -0.15) is 18.3 Å². The molecule has 0 atom stereocenters. The SMILES string of the molecule is C=CCc1cc(F)cc(C=NNC(=O)CN2CCN(Cc3ccc(C(F)(F)F)cc3)CC2)c1O. The van der Waals surface area contributed by atoms with E-state index < -0.39 is 17.6 Å². The molecule has 2 aromatic carbocycles. The van der Waals surface area contributed by atoms with Gasteiger partial charge < -0.3 is 5.11 Å². The first-order chi connectivity index (χ1) is 16.2. The first-order valence-corrected chi connectivity index (χ1v) is 10.7. The van der Waals surface area contributed by atoms with E-state index in [2.05, 4.69) is 22.0 Å². The van der Waals surface area contributed by atoms with Crippen molar-refractivity contribution < 1.29 is 27.5 Å². The van der Waals surface area contributed by atoms with Gasteiger partial charge in [-0.25, -0.2) is 9.82 Å². The Morgan fingerprint density at radius 2 is 1.76 bits per heavy atom. The Morgan fingerprint density at radius 1 is 1.12 bits per heavy atom. The van der Waals surface area contributed by atoms with Gasteiger partial charge in [0.1, 0.15) is 11.6 Å². The number of phenols is 1. The Bertz CT molecular complexity index is 1030. The number of rotatable bonds is 8. The largest absolute Gasteiger partial charge is 0.507 e. The summed E-state index contributed by atoms with van der Waals surface area (Å²) < 4.78 is 51.8. The second kappa shape index (κ2) is 11.3. The highest BCUT2D eigenvalue weighted by atomic mass is 19.4. The van der Waals surface area contributed by atoms with E-state index in [-0.39, 0.29) is 23.8 Å². The van der Waals surface area contributed by atoms with Crippen LogP contribution in [0.25, 0.3) is 0 Å². The summed E-state index contributed by atoms with van der Waals surface area (Å²) in [6, 6.07) is 7.47. The first kappa shape index (κ1) is 25.4. The number of carbonyl (C=O) groups is 1. The van der Waals surface area contributed by atoms with E-state index in [0.717, 1.165) is 23.8 Å². The molecule has 0 radical (unpaired) electrons. The summed E-state index contributed by atoms with van der Waals surface area (Å²) in [6.45, 7) is 6.78. The molecular weight excluding hydrogens is 452 g/mol. The third-order valence-electron chi connectivity index (χ3n) is 5.46. The quantitative estimate of drug-likeness (QED) is 0.264. The zero-order chi connectivity index (χ0) is 24.7. The number of amides is 1. The highest BCUT2D eigenvalue weighted by Gasteiger charge is 2.30. The smallest absolute Gasteiger partial charge is 0.416 e. The summed E-state index contributed by atoms with van der Waals surface area (Å²) in [5, 5.41) is 14.0. The van der Waals surface area contributed by atoms with E-state index in [1.54, 1.807) is 6.08 Å². The second-order valence-corrected chi connectivity index (χ2v) is 8.04. The number of allylic oxidation sites excluding steroid dienone is 1. The third-order valence-corrected chi connectivity index (χ3v) is 5.46. The van der Waals surface area contributed by atoms with Gasteiger partial charge in [-0.05, 0) is 36.2 Å². The fourth-order valence-electron chi connectivity index (χ4n) is 3.66. The Kier molecular flexibility index (Phi) is 8.41. The van der Waals surface area contributed by atoms with Crippen LogP contribution < -0.4 is 5.43 Å². The molecule has 6 nitrogen and oxygen atoms in total. The van der Waals surface area contributed by atoms with Gasteiger partial charge in [0.25, 0.3) is 5.91 Å². The minimum absolute atomic E-state index is 0.113. The summed E-state index contributed by atoms with van der Waals surface area (Å²) in [4.78, 5) is 16.2. The predicted octanol–water partition coefficient (Wildman–Crippen LogP) is 3.55. The van der Waals surface area contributed by atoms with Crippen LogP contribution in [0.15, 0.2) is 54.2 Å². The number of carbonyl (C=O) groups excluding carboxylic acids is 1. The second-order valence-electron chi connectivity index (χ2n) is 8.04. The molecule has 182 valence electrons.